The van der Waals surface area contributed by atoms with Gasteiger partial charge in [0.2, 0.25) is 5.76 Å². The Hall–Kier alpha value is -1.89. The van der Waals surface area contributed by atoms with Crippen LogP contribution >= 0.6 is 0 Å². The van der Waals surface area contributed by atoms with Gasteiger partial charge in [-0.2, -0.15) is 0 Å². The Kier molecular flexibility index (Phi) is 3.21. The van der Waals surface area contributed by atoms with E-state index in [0.29, 0.717) is 24.1 Å². The number of carboxylic acids is 1. The van der Waals surface area contributed by atoms with Gasteiger partial charge in [0.15, 0.2) is 11.9 Å². The number of ether oxygens (including phenoxy) is 1. The van der Waals surface area contributed by atoms with Crippen LogP contribution in [0, 0.1) is 6.92 Å². The summed E-state index contributed by atoms with van der Waals surface area (Å²) in [7, 11) is 0. The van der Waals surface area contributed by atoms with Gasteiger partial charge < -0.3 is 19.2 Å². The monoisotopic (exact) mass is 280 g/mol. The van der Waals surface area contributed by atoms with Crippen molar-refractivity contribution in [3.05, 3.63) is 17.3 Å². The highest BCUT2D eigenvalue weighted by Crippen LogP contribution is 2.40. The molecule has 1 amide bonds. The molecule has 0 bridgehead atoms. The first-order valence-corrected chi connectivity index (χ1v) is 6.66. The Morgan fingerprint density at radius 2 is 2.15 bits per heavy atom. The molecule has 1 N–H and O–H groups in total. The second-order valence-electron chi connectivity index (χ2n) is 5.17. The molecule has 2 heterocycles. The summed E-state index contributed by atoms with van der Waals surface area (Å²) < 4.78 is 10.7. The summed E-state index contributed by atoms with van der Waals surface area (Å²) >= 11 is 0. The molecule has 1 unspecified atom stereocenters. The van der Waals surface area contributed by atoms with E-state index in [1.54, 1.807) is 6.92 Å². The number of aromatic nitrogens is 1. The topological polar surface area (TPSA) is 92.9 Å². The van der Waals surface area contributed by atoms with Gasteiger partial charge in [-0.1, -0.05) is 0 Å². The fourth-order valence-electron chi connectivity index (χ4n) is 2.30. The molecule has 0 aromatic carbocycles. The van der Waals surface area contributed by atoms with Crippen molar-refractivity contribution in [1.82, 2.24) is 9.88 Å². The molecule has 0 radical (unpaired) electrons. The molecule has 1 saturated heterocycles. The molecule has 1 aliphatic heterocycles. The van der Waals surface area contributed by atoms with Gasteiger partial charge in [0, 0.05) is 12.5 Å². The minimum absolute atomic E-state index is 0.00371. The normalized spacial score (nSPS) is 22.9. The number of carbonyl (C=O) groups excluding carboxylic acids is 1. The summed E-state index contributed by atoms with van der Waals surface area (Å²) in [4.78, 5) is 29.2. The van der Waals surface area contributed by atoms with E-state index < -0.39 is 17.9 Å². The molecule has 7 heteroatoms. The van der Waals surface area contributed by atoms with Gasteiger partial charge in [-0.05, 0) is 19.8 Å². The Bertz CT molecular complexity index is 549. The fourth-order valence-corrected chi connectivity index (χ4v) is 2.30. The van der Waals surface area contributed by atoms with Crippen molar-refractivity contribution in [2.75, 3.05) is 19.8 Å². The third kappa shape index (κ3) is 2.29. The maximum Gasteiger partial charge on any atom is 0.328 e. The van der Waals surface area contributed by atoms with Crippen LogP contribution in [0.2, 0.25) is 0 Å². The number of carboxylic acid groups (broad SMARTS) is 1. The molecule has 1 aromatic heterocycles. The van der Waals surface area contributed by atoms with Gasteiger partial charge in [-0.3, -0.25) is 4.79 Å². The number of oxazole rings is 1. The Balaban J connectivity index is 1.84. The molecule has 1 saturated carbocycles. The second kappa shape index (κ2) is 4.90. The maximum absolute atomic E-state index is 12.5. The average Bonchev–Trinajstić information content (AvgIpc) is 3.21. The van der Waals surface area contributed by atoms with Gasteiger partial charge in [-0.15, -0.1) is 0 Å². The Morgan fingerprint density at radius 1 is 1.40 bits per heavy atom. The van der Waals surface area contributed by atoms with E-state index in [-0.39, 0.29) is 18.9 Å². The molecule has 108 valence electrons. The smallest absolute Gasteiger partial charge is 0.328 e. The molecule has 7 nitrogen and oxygen atoms in total. The van der Waals surface area contributed by atoms with Crippen LogP contribution in [0.4, 0.5) is 0 Å². The highest BCUT2D eigenvalue weighted by Gasteiger charge is 2.37. The molecule has 0 spiro atoms. The Labute approximate surface area is 115 Å². The maximum atomic E-state index is 12.5. The molecule has 3 rings (SSSR count). The quantitative estimate of drug-likeness (QED) is 0.879. The summed E-state index contributed by atoms with van der Waals surface area (Å²) in [5, 5.41) is 9.16. The van der Waals surface area contributed by atoms with Crippen molar-refractivity contribution < 1.29 is 23.8 Å². The zero-order valence-electron chi connectivity index (χ0n) is 11.2. The molecule has 20 heavy (non-hydrogen) atoms. The lowest BCUT2D eigenvalue weighted by Crippen LogP contribution is -2.52. The van der Waals surface area contributed by atoms with Gasteiger partial charge in [-0.25, -0.2) is 9.78 Å². The summed E-state index contributed by atoms with van der Waals surface area (Å²) in [6, 6.07) is -0.967. The van der Waals surface area contributed by atoms with Gasteiger partial charge in [0.1, 0.15) is 0 Å². The summed E-state index contributed by atoms with van der Waals surface area (Å²) in [6.07, 6.45) is 2.06. The lowest BCUT2D eigenvalue weighted by molar-refractivity contribution is -0.147. The first-order chi connectivity index (χ1) is 9.58. The van der Waals surface area contributed by atoms with Crippen LogP contribution in [0.15, 0.2) is 4.42 Å². The van der Waals surface area contributed by atoms with Gasteiger partial charge >= 0.3 is 5.97 Å². The van der Waals surface area contributed by atoms with Crippen LogP contribution in [0.3, 0.4) is 0 Å². The SMILES string of the molecule is Cc1nc(C2CC2)oc1C(=O)N1CCOCC1C(=O)O. The van der Waals surface area contributed by atoms with E-state index in [2.05, 4.69) is 4.98 Å². The third-order valence-electron chi connectivity index (χ3n) is 3.61. The van der Waals surface area contributed by atoms with Gasteiger partial charge in [0.05, 0.1) is 18.9 Å². The zero-order chi connectivity index (χ0) is 14.3. The van der Waals surface area contributed by atoms with Gasteiger partial charge in [0.25, 0.3) is 5.91 Å². The molecule has 1 atom stereocenters. The summed E-state index contributed by atoms with van der Waals surface area (Å²) in [5.41, 5.74) is 0.521. The largest absolute Gasteiger partial charge is 0.480 e. The van der Waals surface area contributed by atoms with E-state index in [1.807, 2.05) is 0 Å². The van der Waals surface area contributed by atoms with Crippen LogP contribution in [0.5, 0.6) is 0 Å². The molecule has 1 aromatic rings. The minimum atomic E-state index is -1.07. The van der Waals surface area contributed by atoms with Crippen molar-refractivity contribution in [2.24, 2.45) is 0 Å². The number of hydrogen-bond donors (Lipinski definition) is 1. The lowest BCUT2D eigenvalue weighted by atomic mass is 10.2. The van der Waals surface area contributed by atoms with Crippen LogP contribution in [0.25, 0.3) is 0 Å². The van der Waals surface area contributed by atoms with E-state index in [9.17, 15) is 9.59 Å². The molecular formula is C13H16N2O5. The molecular weight excluding hydrogens is 264 g/mol. The highest BCUT2D eigenvalue weighted by atomic mass is 16.5. The molecule has 2 aliphatic rings. The molecule has 2 fully saturated rings. The van der Waals surface area contributed by atoms with Crippen molar-refractivity contribution >= 4 is 11.9 Å². The lowest BCUT2D eigenvalue weighted by Gasteiger charge is -2.32. The van der Waals surface area contributed by atoms with Crippen molar-refractivity contribution in [1.29, 1.82) is 0 Å². The van der Waals surface area contributed by atoms with E-state index in [1.165, 1.54) is 4.90 Å². The molecule has 1 aliphatic carbocycles. The number of amides is 1. The number of aliphatic carboxylic acids is 1. The Morgan fingerprint density at radius 3 is 2.80 bits per heavy atom. The van der Waals surface area contributed by atoms with E-state index in [4.69, 9.17) is 14.3 Å². The summed E-state index contributed by atoms with van der Waals surface area (Å²) in [5.74, 6) is -0.434. The number of carbonyl (C=O) groups is 2. The van der Waals surface area contributed by atoms with Crippen LogP contribution < -0.4 is 0 Å². The third-order valence-corrected chi connectivity index (χ3v) is 3.61. The van der Waals surface area contributed by atoms with Crippen LogP contribution in [0.1, 0.15) is 40.9 Å². The van der Waals surface area contributed by atoms with Crippen LogP contribution in [-0.4, -0.2) is 52.7 Å². The number of aryl methyl sites for hydroxylation is 1. The number of nitrogens with zero attached hydrogens (tertiary/aromatic N) is 2. The first-order valence-electron chi connectivity index (χ1n) is 6.66. The van der Waals surface area contributed by atoms with Crippen molar-refractivity contribution in [3.63, 3.8) is 0 Å². The van der Waals surface area contributed by atoms with Crippen molar-refractivity contribution in [3.8, 4) is 0 Å². The van der Waals surface area contributed by atoms with E-state index >= 15 is 0 Å². The number of rotatable bonds is 3. The predicted octanol–water partition coefficient (Wildman–Crippen LogP) is 0.786. The van der Waals surface area contributed by atoms with E-state index in [0.717, 1.165) is 12.8 Å². The first kappa shape index (κ1) is 13.1. The zero-order valence-corrected chi connectivity index (χ0v) is 11.2. The summed E-state index contributed by atoms with van der Waals surface area (Å²) in [6.45, 7) is 2.29. The number of morpholine rings is 1. The number of hydrogen-bond acceptors (Lipinski definition) is 5. The van der Waals surface area contributed by atoms with Crippen LogP contribution in [-0.2, 0) is 9.53 Å². The predicted molar refractivity (Wildman–Crippen MR) is 66.5 cm³/mol. The average molecular weight is 280 g/mol. The second-order valence-corrected chi connectivity index (χ2v) is 5.17. The fraction of sp³-hybridized carbons (Fsp3) is 0.615. The minimum Gasteiger partial charge on any atom is -0.480 e. The van der Waals surface area contributed by atoms with Crippen molar-refractivity contribution in [2.45, 2.75) is 31.7 Å². The highest BCUT2D eigenvalue weighted by molar-refractivity contribution is 5.95. The standard InChI is InChI=1S/C13H16N2O5/c1-7-10(20-11(14-7)8-2-3-8)12(16)15-4-5-19-6-9(15)13(17)18/h8-9H,2-6H2,1H3,(H,17,18).